The maximum atomic E-state index is 5.70. The maximum Gasteiger partial charge on any atom is 0.161 e. The van der Waals surface area contributed by atoms with Crippen LogP contribution in [0.5, 0.6) is 11.5 Å². The molecule has 5 heteroatoms. The summed E-state index contributed by atoms with van der Waals surface area (Å²) in [7, 11) is 0. The fourth-order valence-electron chi connectivity index (χ4n) is 2.44. The zero-order chi connectivity index (χ0) is 16.9. The van der Waals surface area contributed by atoms with Crippen LogP contribution < -0.4 is 14.8 Å². The third-order valence-corrected chi connectivity index (χ3v) is 4.03. The summed E-state index contributed by atoms with van der Waals surface area (Å²) < 4.78 is 12.4. The van der Waals surface area contributed by atoms with Crippen molar-refractivity contribution in [2.45, 2.75) is 13.8 Å². The summed E-state index contributed by atoms with van der Waals surface area (Å²) in [5, 5.41) is 5.38. The van der Waals surface area contributed by atoms with E-state index in [2.05, 4.69) is 26.2 Å². The number of halogens is 1. The number of hydrogen-bond donors (Lipinski definition) is 1. The summed E-state index contributed by atoms with van der Waals surface area (Å²) in [6, 6.07) is 14.0. The van der Waals surface area contributed by atoms with Crippen molar-refractivity contribution in [2.75, 3.05) is 18.5 Å². The molecule has 0 bridgehead atoms. The van der Waals surface area contributed by atoms with Gasteiger partial charge in [0.1, 0.15) is 5.82 Å². The Balaban J connectivity index is 1.94. The van der Waals surface area contributed by atoms with Gasteiger partial charge in [-0.15, -0.1) is 0 Å². The van der Waals surface area contributed by atoms with Crippen molar-refractivity contribution < 1.29 is 9.47 Å². The molecule has 0 aliphatic carbocycles. The number of anilines is 2. The maximum absolute atomic E-state index is 5.70. The second-order valence-corrected chi connectivity index (χ2v) is 6.13. The number of pyridine rings is 1. The van der Waals surface area contributed by atoms with Gasteiger partial charge in [0.25, 0.3) is 0 Å². The first-order chi connectivity index (χ1) is 11.7. The van der Waals surface area contributed by atoms with Crippen molar-refractivity contribution in [3.05, 3.63) is 53.1 Å². The van der Waals surface area contributed by atoms with Gasteiger partial charge in [0.2, 0.25) is 0 Å². The molecule has 0 saturated carbocycles. The number of nitrogens with one attached hydrogen (secondary N) is 1. The van der Waals surface area contributed by atoms with Gasteiger partial charge in [-0.25, -0.2) is 4.98 Å². The van der Waals surface area contributed by atoms with Gasteiger partial charge in [0.05, 0.1) is 13.2 Å². The summed E-state index contributed by atoms with van der Waals surface area (Å²) in [6.45, 7) is 5.12. The van der Waals surface area contributed by atoms with E-state index in [1.807, 2.05) is 62.5 Å². The van der Waals surface area contributed by atoms with Crippen molar-refractivity contribution in [1.29, 1.82) is 0 Å². The Hall–Kier alpha value is -2.27. The lowest BCUT2D eigenvalue weighted by Crippen LogP contribution is -1.99. The number of aromatic nitrogens is 1. The first kappa shape index (κ1) is 16.6. The largest absolute Gasteiger partial charge is 0.490 e. The fourth-order valence-corrected chi connectivity index (χ4v) is 2.70. The van der Waals surface area contributed by atoms with Crippen LogP contribution in [-0.4, -0.2) is 18.2 Å². The molecule has 0 radical (unpaired) electrons. The Morgan fingerprint density at radius 3 is 2.17 bits per heavy atom. The van der Waals surface area contributed by atoms with Crippen LogP contribution in [0.25, 0.3) is 10.8 Å². The molecule has 0 spiro atoms. The normalized spacial score (nSPS) is 10.6. The first-order valence-corrected chi connectivity index (χ1v) is 8.71. The van der Waals surface area contributed by atoms with E-state index < -0.39 is 0 Å². The Labute approximate surface area is 149 Å². The summed E-state index contributed by atoms with van der Waals surface area (Å²) in [5.74, 6) is 2.30. The quantitative estimate of drug-likeness (QED) is 0.603. The molecule has 4 nitrogen and oxygen atoms in total. The van der Waals surface area contributed by atoms with E-state index >= 15 is 0 Å². The number of fused-ring (bicyclic) bond motifs is 1. The summed E-state index contributed by atoms with van der Waals surface area (Å²) in [5.41, 5.74) is 0.987. The number of nitrogens with zero attached hydrogens (tertiary/aromatic N) is 1. The van der Waals surface area contributed by atoms with Crippen molar-refractivity contribution in [2.24, 2.45) is 0 Å². The second-order valence-electron chi connectivity index (χ2n) is 5.21. The summed E-state index contributed by atoms with van der Waals surface area (Å²) >= 11 is 3.44. The van der Waals surface area contributed by atoms with Gasteiger partial charge in [-0.2, -0.15) is 0 Å². The molecule has 0 fully saturated rings. The fraction of sp³-hybridized carbons (Fsp3) is 0.211. The minimum atomic E-state index is 0.598. The molecule has 1 N–H and O–H groups in total. The molecule has 0 atom stereocenters. The van der Waals surface area contributed by atoms with Gasteiger partial charge < -0.3 is 14.8 Å². The third kappa shape index (κ3) is 3.79. The Morgan fingerprint density at radius 1 is 0.917 bits per heavy atom. The molecule has 1 aromatic heterocycles. The highest BCUT2D eigenvalue weighted by molar-refractivity contribution is 9.10. The second kappa shape index (κ2) is 7.53. The van der Waals surface area contributed by atoms with Gasteiger partial charge in [-0.05, 0) is 61.7 Å². The SMILES string of the molecule is CCOc1cc2cnc(Nc3ccc(Br)cc3)cc2cc1OCC. The van der Waals surface area contributed by atoms with E-state index in [1.54, 1.807) is 0 Å². The molecule has 3 rings (SSSR count). The minimum absolute atomic E-state index is 0.598. The lowest BCUT2D eigenvalue weighted by molar-refractivity contribution is 0.288. The average molecular weight is 387 g/mol. The first-order valence-electron chi connectivity index (χ1n) is 7.91. The van der Waals surface area contributed by atoms with Crippen LogP contribution >= 0.6 is 15.9 Å². The number of rotatable bonds is 6. The van der Waals surface area contributed by atoms with Gasteiger partial charge in [-0.3, -0.25) is 0 Å². The predicted octanol–water partition coefficient (Wildman–Crippen LogP) is 5.54. The molecular formula is C19H19BrN2O2. The van der Waals surface area contributed by atoms with Crippen molar-refractivity contribution in [3.8, 4) is 11.5 Å². The van der Waals surface area contributed by atoms with Crippen LogP contribution in [0.15, 0.2) is 53.1 Å². The van der Waals surface area contributed by atoms with Crippen molar-refractivity contribution >= 4 is 38.2 Å². The Morgan fingerprint density at radius 2 is 1.54 bits per heavy atom. The number of hydrogen-bond acceptors (Lipinski definition) is 4. The highest BCUT2D eigenvalue weighted by Gasteiger charge is 2.08. The van der Waals surface area contributed by atoms with Crippen LogP contribution in [0.3, 0.4) is 0 Å². The van der Waals surface area contributed by atoms with Gasteiger partial charge in [0, 0.05) is 21.7 Å². The molecule has 2 aromatic carbocycles. The van der Waals surface area contributed by atoms with Crippen LogP contribution in [-0.2, 0) is 0 Å². The van der Waals surface area contributed by atoms with Crippen LogP contribution in [0, 0.1) is 0 Å². The average Bonchev–Trinajstić information content (AvgIpc) is 2.58. The highest BCUT2D eigenvalue weighted by atomic mass is 79.9. The molecule has 3 aromatic rings. The molecule has 0 amide bonds. The zero-order valence-electron chi connectivity index (χ0n) is 13.7. The van der Waals surface area contributed by atoms with E-state index in [-0.39, 0.29) is 0 Å². The minimum Gasteiger partial charge on any atom is -0.490 e. The topological polar surface area (TPSA) is 43.4 Å². The van der Waals surface area contributed by atoms with Crippen LogP contribution in [0.1, 0.15) is 13.8 Å². The van der Waals surface area contributed by atoms with Crippen molar-refractivity contribution in [3.63, 3.8) is 0 Å². The predicted molar refractivity (Wildman–Crippen MR) is 102 cm³/mol. The Bertz CT molecular complexity index is 835. The Kier molecular flexibility index (Phi) is 5.20. The van der Waals surface area contributed by atoms with E-state index in [0.717, 1.165) is 38.2 Å². The van der Waals surface area contributed by atoms with Crippen molar-refractivity contribution in [1.82, 2.24) is 4.98 Å². The number of ether oxygens (including phenoxy) is 2. The lowest BCUT2D eigenvalue weighted by atomic mass is 10.1. The van der Waals surface area contributed by atoms with E-state index in [1.165, 1.54) is 0 Å². The lowest BCUT2D eigenvalue weighted by Gasteiger charge is -2.13. The third-order valence-electron chi connectivity index (χ3n) is 3.50. The molecule has 0 saturated heterocycles. The molecule has 0 aliphatic rings. The molecule has 0 aliphatic heterocycles. The standard InChI is InChI=1S/C19H19BrN2O2/c1-3-23-17-9-13-11-19(22-16-7-5-15(20)6-8-16)21-12-14(13)10-18(17)24-4-2/h5-12H,3-4H2,1-2H3,(H,21,22). The summed E-state index contributed by atoms with van der Waals surface area (Å²) in [4.78, 5) is 4.48. The monoisotopic (exact) mass is 386 g/mol. The smallest absolute Gasteiger partial charge is 0.161 e. The van der Waals surface area contributed by atoms with Crippen LogP contribution in [0.2, 0.25) is 0 Å². The van der Waals surface area contributed by atoms with E-state index in [4.69, 9.17) is 9.47 Å². The summed E-state index contributed by atoms with van der Waals surface area (Å²) in [6.07, 6.45) is 1.84. The zero-order valence-corrected chi connectivity index (χ0v) is 15.3. The van der Waals surface area contributed by atoms with E-state index in [0.29, 0.717) is 13.2 Å². The molecule has 1 heterocycles. The van der Waals surface area contributed by atoms with Gasteiger partial charge in [-0.1, -0.05) is 15.9 Å². The molecule has 24 heavy (non-hydrogen) atoms. The van der Waals surface area contributed by atoms with Crippen LogP contribution in [0.4, 0.5) is 11.5 Å². The van der Waals surface area contributed by atoms with E-state index in [9.17, 15) is 0 Å². The molecule has 0 unspecified atom stereocenters. The van der Waals surface area contributed by atoms with Gasteiger partial charge >= 0.3 is 0 Å². The molecule has 124 valence electrons. The number of benzene rings is 2. The van der Waals surface area contributed by atoms with Gasteiger partial charge in [0.15, 0.2) is 11.5 Å². The molecular weight excluding hydrogens is 368 g/mol. The highest BCUT2D eigenvalue weighted by Crippen LogP contribution is 2.33.